The highest BCUT2D eigenvalue weighted by Gasteiger charge is 2.20. The van der Waals surface area contributed by atoms with Crippen molar-refractivity contribution in [3.8, 4) is 11.5 Å². The van der Waals surface area contributed by atoms with Crippen LogP contribution in [0.4, 0.5) is 10.1 Å². The molecule has 5 rings (SSSR count). The first kappa shape index (κ1) is 18.5. The van der Waals surface area contributed by atoms with Gasteiger partial charge in [0.25, 0.3) is 5.91 Å². The van der Waals surface area contributed by atoms with E-state index in [9.17, 15) is 4.79 Å². The van der Waals surface area contributed by atoms with Gasteiger partial charge in [0.05, 0.1) is 28.5 Å². The molecule has 0 unspecified atom stereocenters. The maximum Gasteiger partial charge on any atom is 0.258 e. The summed E-state index contributed by atoms with van der Waals surface area (Å²) in [6, 6.07) is 12.6. The molecule has 0 spiro atoms. The van der Waals surface area contributed by atoms with Gasteiger partial charge in [-0.2, -0.15) is 5.10 Å². The molecule has 7 nitrogen and oxygen atoms in total. The normalized spacial score (nSPS) is 14.4. The maximum absolute atomic E-state index is 15.0. The Morgan fingerprint density at radius 1 is 1.13 bits per heavy atom. The number of benzene rings is 2. The van der Waals surface area contributed by atoms with Crippen molar-refractivity contribution in [1.29, 1.82) is 0 Å². The van der Waals surface area contributed by atoms with E-state index in [4.69, 9.17) is 0 Å². The van der Waals surface area contributed by atoms with E-state index in [0.717, 1.165) is 37.0 Å². The molecule has 1 saturated heterocycles. The summed E-state index contributed by atoms with van der Waals surface area (Å²) in [7, 11) is 0. The van der Waals surface area contributed by atoms with Crippen LogP contribution in [-0.2, 0) is 6.54 Å². The number of likely N-dealkylation sites (tertiary alicyclic amines) is 1. The number of amides is 1. The number of nitrogens with one attached hydrogen (secondary N) is 3. The molecule has 0 bridgehead atoms. The number of anilines is 1. The zero-order chi connectivity index (χ0) is 20.5. The zero-order valence-electron chi connectivity index (χ0n) is 16.3. The van der Waals surface area contributed by atoms with Crippen LogP contribution in [0.15, 0.2) is 48.7 Å². The summed E-state index contributed by atoms with van der Waals surface area (Å²) < 4.78 is 15.0. The predicted molar refractivity (Wildman–Crippen MR) is 113 cm³/mol. The van der Waals surface area contributed by atoms with Gasteiger partial charge in [-0.05, 0) is 44.1 Å². The molecular weight excluding hydrogens is 383 g/mol. The molecule has 1 amide bonds. The van der Waals surface area contributed by atoms with E-state index in [-0.39, 0.29) is 5.56 Å². The molecule has 0 atom stereocenters. The van der Waals surface area contributed by atoms with Crippen LogP contribution in [0.5, 0.6) is 0 Å². The standard InChI is InChI=1S/C22H21FN6O/c23-19-14(13-29-10-3-4-11-29)6-5-7-15(19)22(30)27-18-12-24-28-20(18)21-25-16-8-1-2-9-17(16)26-21/h1-2,5-9,12H,3-4,10-11,13H2,(H,24,28)(H,25,26)(H,27,30). The molecular formula is C22H21FN6O. The van der Waals surface area contributed by atoms with E-state index in [2.05, 4.69) is 30.4 Å². The van der Waals surface area contributed by atoms with Gasteiger partial charge in [-0.1, -0.05) is 24.3 Å². The first-order valence-electron chi connectivity index (χ1n) is 9.98. The average molecular weight is 404 g/mol. The molecule has 1 fully saturated rings. The fraction of sp³-hybridized carbons (Fsp3) is 0.227. The Balaban J connectivity index is 1.39. The van der Waals surface area contributed by atoms with Crippen molar-refractivity contribution >= 4 is 22.6 Å². The third kappa shape index (κ3) is 3.46. The third-order valence-electron chi connectivity index (χ3n) is 5.43. The van der Waals surface area contributed by atoms with Crippen molar-refractivity contribution < 1.29 is 9.18 Å². The quantitative estimate of drug-likeness (QED) is 0.470. The number of fused-ring (bicyclic) bond motifs is 1. The topological polar surface area (TPSA) is 89.7 Å². The third-order valence-corrected chi connectivity index (χ3v) is 5.43. The Morgan fingerprint density at radius 3 is 2.80 bits per heavy atom. The largest absolute Gasteiger partial charge is 0.337 e. The lowest BCUT2D eigenvalue weighted by Gasteiger charge is -2.16. The summed E-state index contributed by atoms with van der Waals surface area (Å²) in [4.78, 5) is 22.8. The minimum atomic E-state index is -0.519. The lowest BCUT2D eigenvalue weighted by Crippen LogP contribution is -2.21. The molecule has 3 N–H and O–H groups in total. The fourth-order valence-corrected chi connectivity index (χ4v) is 3.88. The molecule has 0 saturated carbocycles. The highest BCUT2D eigenvalue weighted by atomic mass is 19.1. The van der Waals surface area contributed by atoms with Crippen LogP contribution < -0.4 is 5.32 Å². The van der Waals surface area contributed by atoms with Gasteiger partial charge in [-0.15, -0.1) is 0 Å². The predicted octanol–water partition coefficient (Wildman–Crippen LogP) is 3.94. The van der Waals surface area contributed by atoms with Crippen LogP contribution in [0, 0.1) is 5.82 Å². The number of para-hydroxylation sites is 2. The molecule has 3 heterocycles. The first-order chi connectivity index (χ1) is 14.7. The molecule has 8 heteroatoms. The van der Waals surface area contributed by atoms with Crippen LogP contribution >= 0.6 is 0 Å². The van der Waals surface area contributed by atoms with Gasteiger partial charge in [-0.3, -0.25) is 14.8 Å². The van der Waals surface area contributed by atoms with Gasteiger partial charge in [0.15, 0.2) is 5.82 Å². The van der Waals surface area contributed by atoms with Gasteiger partial charge >= 0.3 is 0 Å². The molecule has 0 aliphatic carbocycles. The number of halogens is 1. The monoisotopic (exact) mass is 404 g/mol. The SMILES string of the molecule is O=C(Nc1cn[nH]c1-c1nc2ccccc2[nH]1)c1cccc(CN2CCCC2)c1F. The van der Waals surface area contributed by atoms with Gasteiger partial charge < -0.3 is 10.3 Å². The van der Waals surface area contributed by atoms with Crippen molar-refractivity contribution in [3.05, 3.63) is 65.6 Å². The Bertz CT molecular complexity index is 1170. The average Bonchev–Trinajstić information content (AvgIpc) is 3.49. The number of hydrogen-bond donors (Lipinski definition) is 3. The highest BCUT2D eigenvalue weighted by Crippen LogP contribution is 2.26. The number of nitrogens with zero attached hydrogens (tertiary/aromatic N) is 3. The molecule has 0 radical (unpaired) electrons. The highest BCUT2D eigenvalue weighted by molar-refractivity contribution is 6.06. The number of rotatable bonds is 5. The van der Waals surface area contributed by atoms with Crippen molar-refractivity contribution in [2.24, 2.45) is 0 Å². The summed E-state index contributed by atoms with van der Waals surface area (Å²) in [5, 5.41) is 9.64. The Labute approximate surface area is 172 Å². The second-order valence-corrected chi connectivity index (χ2v) is 7.48. The first-order valence-corrected chi connectivity index (χ1v) is 9.98. The van der Waals surface area contributed by atoms with Crippen LogP contribution in [0.25, 0.3) is 22.6 Å². The van der Waals surface area contributed by atoms with Crippen LogP contribution in [0.1, 0.15) is 28.8 Å². The summed E-state index contributed by atoms with van der Waals surface area (Å²) in [6.07, 6.45) is 3.76. The number of carbonyl (C=O) groups excluding carboxylic acids is 1. The second kappa shape index (κ2) is 7.72. The Hall–Kier alpha value is -3.52. The lowest BCUT2D eigenvalue weighted by molar-refractivity contribution is 0.102. The second-order valence-electron chi connectivity index (χ2n) is 7.48. The van der Waals surface area contributed by atoms with Crippen molar-refractivity contribution in [1.82, 2.24) is 25.1 Å². The maximum atomic E-state index is 15.0. The Kier molecular flexibility index (Phi) is 4.76. The van der Waals surface area contributed by atoms with Crippen molar-refractivity contribution in [2.45, 2.75) is 19.4 Å². The molecule has 1 aliphatic rings. The van der Waals surface area contributed by atoms with Crippen molar-refractivity contribution in [3.63, 3.8) is 0 Å². The number of hydrogen-bond acceptors (Lipinski definition) is 4. The van der Waals surface area contributed by atoms with Crippen molar-refractivity contribution in [2.75, 3.05) is 18.4 Å². The number of aromatic nitrogens is 4. The fourth-order valence-electron chi connectivity index (χ4n) is 3.88. The molecule has 1 aliphatic heterocycles. The summed E-state index contributed by atoms with van der Waals surface area (Å²) in [6.45, 7) is 2.44. The van der Waals surface area contributed by atoms with Crippen LogP contribution in [0.2, 0.25) is 0 Å². The van der Waals surface area contributed by atoms with E-state index < -0.39 is 11.7 Å². The molecule has 152 valence electrons. The smallest absolute Gasteiger partial charge is 0.258 e. The van der Waals surface area contributed by atoms with Gasteiger partial charge in [0, 0.05) is 12.1 Å². The summed E-state index contributed by atoms with van der Waals surface area (Å²) in [5.74, 6) is -0.447. The van der Waals surface area contributed by atoms with Gasteiger partial charge in [0.2, 0.25) is 0 Å². The molecule has 2 aromatic carbocycles. The molecule has 2 aromatic heterocycles. The van der Waals surface area contributed by atoms with Gasteiger partial charge in [-0.25, -0.2) is 9.37 Å². The van der Waals surface area contributed by atoms with E-state index in [1.807, 2.05) is 24.3 Å². The van der Waals surface area contributed by atoms with Crippen LogP contribution in [0.3, 0.4) is 0 Å². The van der Waals surface area contributed by atoms with Gasteiger partial charge in [0.1, 0.15) is 11.5 Å². The summed E-state index contributed by atoms with van der Waals surface area (Å²) in [5.41, 5.74) is 3.20. The number of aromatic amines is 2. The zero-order valence-corrected chi connectivity index (χ0v) is 16.3. The minimum absolute atomic E-state index is 0.0171. The lowest BCUT2D eigenvalue weighted by atomic mass is 10.1. The Morgan fingerprint density at radius 2 is 1.97 bits per heavy atom. The van der Waals surface area contributed by atoms with E-state index in [1.165, 1.54) is 12.3 Å². The minimum Gasteiger partial charge on any atom is -0.337 e. The van der Waals surface area contributed by atoms with E-state index >= 15 is 4.39 Å². The number of H-pyrrole nitrogens is 2. The van der Waals surface area contributed by atoms with E-state index in [0.29, 0.717) is 29.3 Å². The summed E-state index contributed by atoms with van der Waals surface area (Å²) >= 11 is 0. The van der Waals surface area contributed by atoms with E-state index in [1.54, 1.807) is 12.1 Å². The van der Waals surface area contributed by atoms with Crippen LogP contribution in [-0.4, -0.2) is 44.1 Å². The number of carbonyl (C=O) groups is 1. The number of imidazole rings is 1. The molecule has 30 heavy (non-hydrogen) atoms. The molecule has 4 aromatic rings.